The number of benzene rings is 3. The summed E-state index contributed by atoms with van der Waals surface area (Å²) in [5.41, 5.74) is 5.68. The summed E-state index contributed by atoms with van der Waals surface area (Å²) < 4.78 is 0. The highest BCUT2D eigenvalue weighted by Gasteiger charge is 2.46. The second-order valence-electron chi connectivity index (χ2n) is 5.44. The van der Waals surface area contributed by atoms with Gasteiger partial charge in [0.1, 0.15) is 23.2 Å². The molecule has 0 aliphatic heterocycles. The smallest absolute Gasteiger partial charge is 0.256 e. The molecule has 0 aliphatic carbocycles. The van der Waals surface area contributed by atoms with Crippen LogP contribution >= 0.6 is 17.2 Å². The van der Waals surface area contributed by atoms with Crippen molar-refractivity contribution in [3.63, 3.8) is 0 Å². The van der Waals surface area contributed by atoms with E-state index < -0.39 is 7.26 Å². The number of carbonyl (C=O) groups excluding carboxylic acids is 1. The van der Waals surface area contributed by atoms with Crippen LogP contribution in [0.15, 0.2) is 91.0 Å². The average Bonchev–Trinajstić information content (AvgIpc) is 2.62. The topological polar surface area (TPSA) is 74.6 Å². The van der Waals surface area contributed by atoms with Gasteiger partial charge in [0.25, 0.3) is 5.91 Å². The van der Waals surface area contributed by atoms with E-state index in [2.05, 4.69) is 36.4 Å². The molecular formula is C20H24INO2P2. The summed E-state index contributed by atoms with van der Waals surface area (Å²) in [6.07, 6.45) is 0.338. The van der Waals surface area contributed by atoms with Crippen molar-refractivity contribution in [1.29, 1.82) is 0 Å². The van der Waals surface area contributed by atoms with E-state index in [0.29, 0.717) is 6.16 Å². The fourth-order valence-corrected chi connectivity index (χ4v) is 6.96. The number of rotatable bonds is 5. The molecule has 0 saturated carbocycles. The maximum Gasteiger partial charge on any atom is 0.256 e. The lowest BCUT2D eigenvalue weighted by Crippen LogP contribution is -3.00. The van der Waals surface area contributed by atoms with Gasteiger partial charge >= 0.3 is 0 Å². The van der Waals surface area contributed by atoms with Crippen LogP contribution in [0.2, 0.25) is 0 Å². The third kappa shape index (κ3) is 5.11. The van der Waals surface area contributed by atoms with Gasteiger partial charge in [-0.3, -0.25) is 4.79 Å². The molecule has 0 fully saturated rings. The van der Waals surface area contributed by atoms with Crippen molar-refractivity contribution in [1.82, 2.24) is 0 Å². The minimum Gasteiger partial charge on any atom is -1.00 e. The minimum atomic E-state index is -2.08. The number of amides is 1. The second kappa shape index (κ2) is 11.4. The zero-order valence-electron chi connectivity index (χ0n) is 14.4. The maximum absolute atomic E-state index is 12.0. The highest BCUT2D eigenvalue weighted by atomic mass is 127. The van der Waals surface area contributed by atoms with E-state index in [1.807, 2.05) is 54.6 Å². The molecule has 26 heavy (non-hydrogen) atoms. The molecule has 0 saturated heterocycles. The van der Waals surface area contributed by atoms with Crippen molar-refractivity contribution in [2.24, 2.45) is 5.73 Å². The van der Waals surface area contributed by atoms with Gasteiger partial charge in [0.2, 0.25) is 0 Å². The van der Waals surface area contributed by atoms with Crippen molar-refractivity contribution in [3.8, 4) is 0 Å². The first-order chi connectivity index (χ1) is 11.2. The lowest BCUT2D eigenvalue weighted by Gasteiger charge is -2.26. The normalized spacial score (nSPS) is 9.85. The van der Waals surface area contributed by atoms with Gasteiger partial charge in [0.15, 0.2) is 6.16 Å². The van der Waals surface area contributed by atoms with Gasteiger partial charge in [-0.15, -0.1) is 0 Å². The van der Waals surface area contributed by atoms with Crippen LogP contribution in [0.4, 0.5) is 0 Å². The van der Waals surface area contributed by atoms with Crippen LogP contribution in [-0.4, -0.2) is 17.5 Å². The van der Waals surface area contributed by atoms with Gasteiger partial charge in [-0.25, -0.2) is 0 Å². The molecule has 6 heteroatoms. The second-order valence-corrected chi connectivity index (χ2v) is 8.93. The van der Waals surface area contributed by atoms with Crippen LogP contribution in [0, 0.1) is 0 Å². The molecule has 0 aliphatic rings. The predicted octanol–water partition coefficient (Wildman–Crippen LogP) is -1.30. The van der Waals surface area contributed by atoms with Crippen LogP contribution in [0.3, 0.4) is 0 Å². The molecule has 0 spiro atoms. The number of nitrogens with two attached hydrogens (primary N) is 1. The van der Waals surface area contributed by atoms with E-state index in [4.69, 9.17) is 5.73 Å². The van der Waals surface area contributed by atoms with E-state index in [-0.39, 0.29) is 45.3 Å². The standard InChI is InChI=1S/C20H18NOP.HI.H2O.H3P/c21-20(22)16-23(17-10-4-1-5-11-17,18-12-6-2-7-13-18)19-14-8-3-9-15-19;;;/h1-15H,16H2,(H-,21,22);1H;1H2;1H3. The van der Waals surface area contributed by atoms with Crippen LogP contribution in [0.5, 0.6) is 0 Å². The van der Waals surface area contributed by atoms with Crippen LogP contribution in [-0.2, 0) is 4.79 Å². The fourth-order valence-electron chi connectivity index (χ4n) is 3.00. The Bertz CT molecular complexity index is 690. The Hall–Kier alpha value is -1.32. The predicted molar refractivity (Wildman–Crippen MR) is 114 cm³/mol. The quantitative estimate of drug-likeness (QED) is 0.344. The molecule has 1 amide bonds. The molecule has 4 N–H and O–H groups in total. The SMILES string of the molecule is NC(=O)C[P+](c1ccccc1)(c1ccccc1)c1ccccc1.O.P.[I-]. The van der Waals surface area contributed by atoms with E-state index >= 15 is 0 Å². The van der Waals surface area contributed by atoms with Crippen molar-refractivity contribution >= 4 is 39.0 Å². The molecule has 1 atom stereocenters. The molecule has 1 unspecified atom stereocenters. The Kier molecular flexibility index (Phi) is 10.8. The van der Waals surface area contributed by atoms with Gasteiger partial charge in [0.05, 0.1) is 0 Å². The Morgan fingerprint density at radius 2 is 0.962 bits per heavy atom. The maximum atomic E-state index is 12.0. The highest BCUT2D eigenvalue weighted by Crippen LogP contribution is 2.54. The van der Waals surface area contributed by atoms with Gasteiger partial charge in [-0.05, 0) is 36.4 Å². The average molecular weight is 499 g/mol. The number of halogens is 1. The molecule has 0 heterocycles. The van der Waals surface area contributed by atoms with Crippen molar-refractivity contribution < 1.29 is 34.2 Å². The first-order valence-electron chi connectivity index (χ1n) is 7.57. The minimum absolute atomic E-state index is 0. The summed E-state index contributed by atoms with van der Waals surface area (Å²) in [7, 11) is -2.08. The Morgan fingerprint density at radius 3 is 1.19 bits per heavy atom. The molecular weight excluding hydrogens is 475 g/mol. The molecule has 0 bridgehead atoms. The zero-order valence-corrected chi connectivity index (χ0v) is 18.9. The van der Waals surface area contributed by atoms with E-state index in [9.17, 15) is 4.79 Å². The van der Waals surface area contributed by atoms with Crippen molar-refractivity contribution in [2.45, 2.75) is 0 Å². The Morgan fingerprint density at radius 1 is 0.692 bits per heavy atom. The van der Waals surface area contributed by atoms with Gasteiger partial charge < -0.3 is 35.2 Å². The number of primary amides is 1. The summed E-state index contributed by atoms with van der Waals surface area (Å²) in [4.78, 5) is 12.0. The molecule has 3 nitrogen and oxygen atoms in total. The summed E-state index contributed by atoms with van der Waals surface area (Å²) in [5, 5.41) is 3.53. The number of hydrogen-bond donors (Lipinski definition) is 1. The first-order valence-corrected chi connectivity index (χ1v) is 9.54. The van der Waals surface area contributed by atoms with Crippen LogP contribution in [0.25, 0.3) is 0 Å². The molecule has 3 rings (SSSR count). The Balaban J connectivity index is 0.00000208. The van der Waals surface area contributed by atoms with Gasteiger partial charge in [-0.2, -0.15) is 9.90 Å². The third-order valence-corrected chi connectivity index (χ3v) is 8.31. The molecule has 3 aromatic carbocycles. The van der Waals surface area contributed by atoms with Crippen LogP contribution < -0.4 is 45.6 Å². The molecule has 0 radical (unpaired) electrons. The lowest BCUT2D eigenvalue weighted by molar-refractivity contribution is -0.115. The summed E-state index contributed by atoms with van der Waals surface area (Å²) in [6.45, 7) is 0. The lowest BCUT2D eigenvalue weighted by atomic mass is 10.4. The summed E-state index contributed by atoms with van der Waals surface area (Å²) in [6, 6.07) is 30.8. The molecule has 3 aromatic rings. The summed E-state index contributed by atoms with van der Waals surface area (Å²) in [5.74, 6) is -0.269. The number of hydrogen-bond acceptors (Lipinski definition) is 1. The monoisotopic (exact) mass is 499 g/mol. The zero-order chi connectivity index (χ0) is 16.1. The van der Waals surface area contributed by atoms with Gasteiger partial charge in [0, 0.05) is 0 Å². The Labute approximate surface area is 175 Å². The third-order valence-electron chi connectivity index (χ3n) is 3.98. The summed E-state index contributed by atoms with van der Waals surface area (Å²) >= 11 is 0. The molecule has 0 aromatic heterocycles. The van der Waals surface area contributed by atoms with E-state index in [1.54, 1.807) is 0 Å². The molecule has 138 valence electrons. The van der Waals surface area contributed by atoms with E-state index in [0.717, 1.165) is 0 Å². The van der Waals surface area contributed by atoms with Gasteiger partial charge in [-0.1, -0.05) is 54.6 Å². The fraction of sp³-hybridized carbons (Fsp3) is 0.0500. The van der Waals surface area contributed by atoms with Crippen molar-refractivity contribution in [2.75, 3.05) is 6.16 Å². The largest absolute Gasteiger partial charge is 1.00 e. The van der Waals surface area contributed by atoms with E-state index in [1.165, 1.54) is 15.9 Å². The van der Waals surface area contributed by atoms with Crippen LogP contribution in [0.1, 0.15) is 0 Å². The highest BCUT2D eigenvalue weighted by molar-refractivity contribution is 7.96. The first kappa shape index (κ1) is 24.7. The number of carbonyl (C=O) groups is 1. The van der Waals surface area contributed by atoms with Crippen molar-refractivity contribution in [3.05, 3.63) is 91.0 Å².